The van der Waals surface area contributed by atoms with Crippen LogP contribution in [0.3, 0.4) is 0 Å². The number of amides is 1. The number of nitro groups is 1. The van der Waals surface area contributed by atoms with Crippen LogP contribution in [0.15, 0.2) is 29.4 Å². The van der Waals surface area contributed by atoms with E-state index in [0.29, 0.717) is 17.2 Å². The Hall–Kier alpha value is -4.02. The number of carbonyl (C=O) groups excluding carboxylic acids is 1. The molecule has 0 saturated heterocycles. The minimum absolute atomic E-state index is 0.100. The molecular weight excluding hydrogens is 386 g/mol. The number of hydrogen-bond donors (Lipinski definition) is 2. The monoisotopic (exact) mass is 405 g/mol. The molecule has 1 amide bonds. The molecule has 2 aromatic rings. The summed E-state index contributed by atoms with van der Waals surface area (Å²) in [6.07, 6.45) is 1.17. The number of phenolic OH excluding ortho intramolecular Hbond substituents is 1. The van der Waals surface area contributed by atoms with Crippen molar-refractivity contribution in [2.75, 3.05) is 28.4 Å². The quantitative estimate of drug-likeness (QED) is 0.386. The summed E-state index contributed by atoms with van der Waals surface area (Å²) in [6, 6.07) is 5.31. The lowest BCUT2D eigenvalue weighted by Gasteiger charge is -2.13. The van der Waals surface area contributed by atoms with Gasteiger partial charge in [0, 0.05) is 17.2 Å². The molecule has 2 rings (SSSR count). The van der Waals surface area contributed by atoms with Crippen molar-refractivity contribution in [1.82, 2.24) is 5.43 Å². The van der Waals surface area contributed by atoms with Crippen LogP contribution in [0.4, 0.5) is 5.69 Å². The van der Waals surface area contributed by atoms with Crippen LogP contribution < -0.4 is 24.4 Å². The first kappa shape index (κ1) is 21.3. The molecule has 0 aliphatic rings. The number of carbonyl (C=O) groups is 1. The van der Waals surface area contributed by atoms with Crippen molar-refractivity contribution in [2.45, 2.75) is 0 Å². The highest BCUT2D eigenvalue weighted by molar-refractivity contribution is 5.96. The van der Waals surface area contributed by atoms with Gasteiger partial charge in [0.05, 0.1) is 39.6 Å². The fourth-order valence-corrected chi connectivity index (χ4v) is 2.43. The third-order valence-corrected chi connectivity index (χ3v) is 3.80. The highest BCUT2D eigenvalue weighted by atomic mass is 16.6. The minimum atomic E-state index is -0.760. The fraction of sp³-hybridized carbons (Fsp3) is 0.222. The molecule has 0 aromatic heterocycles. The van der Waals surface area contributed by atoms with Crippen LogP contribution in [0.5, 0.6) is 28.7 Å². The Morgan fingerprint density at radius 2 is 1.62 bits per heavy atom. The number of nitrogens with zero attached hydrogens (tertiary/aromatic N) is 2. The molecule has 0 spiro atoms. The van der Waals surface area contributed by atoms with E-state index in [1.807, 2.05) is 0 Å². The molecular formula is C18H19N3O8. The number of hydrogen-bond acceptors (Lipinski definition) is 9. The number of nitrogens with one attached hydrogen (secondary N) is 1. The summed E-state index contributed by atoms with van der Waals surface area (Å²) in [5, 5.41) is 24.6. The Morgan fingerprint density at radius 1 is 1.03 bits per heavy atom. The van der Waals surface area contributed by atoms with Gasteiger partial charge in [0.15, 0.2) is 17.2 Å². The summed E-state index contributed by atoms with van der Waals surface area (Å²) < 4.78 is 20.5. The Bertz CT molecular complexity index is 933. The molecule has 0 bridgehead atoms. The second-order valence-electron chi connectivity index (χ2n) is 5.46. The van der Waals surface area contributed by atoms with Crippen LogP contribution >= 0.6 is 0 Å². The summed E-state index contributed by atoms with van der Waals surface area (Å²) in [7, 11) is 5.53. The van der Waals surface area contributed by atoms with Gasteiger partial charge in [-0.05, 0) is 18.2 Å². The van der Waals surface area contributed by atoms with E-state index < -0.39 is 22.3 Å². The molecule has 0 aliphatic carbocycles. The van der Waals surface area contributed by atoms with Gasteiger partial charge in [0.25, 0.3) is 5.91 Å². The maximum atomic E-state index is 12.4. The fourth-order valence-electron chi connectivity index (χ4n) is 2.43. The SMILES string of the molecule is COc1cc(/C=N/NC(=O)c2cc(OC)c(OC)c(OC)c2)cc([N+](=O)[O-])c1O. The lowest BCUT2D eigenvalue weighted by molar-refractivity contribution is -0.386. The van der Waals surface area contributed by atoms with Crippen molar-refractivity contribution < 1.29 is 33.8 Å². The zero-order valence-corrected chi connectivity index (χ0v) is 16.1. The average Bonchev–Trinajstić information content (AvgIpc) is 2.72. The number of ether oxygens (including phenoxy) is 4. The van der Waals surface area contributed by atoms with Gasteiger partial charge in [-0.1, -0.05) is 0 Å². The van der Waals surface area contributed by atoms with Crippen molar-refractivity contribution in [3.8, 4) is 28.7 Å². The molecule has 11 heteroatoms. The molecule has 0 unspecified atom stereocenters. The molecule has 0 saturated carbocycles. The number of methoxy groups -OCH3 is 4. The van der Waals surface area contributed by atoms with Gasteiger partial charge in [-0.2, -0.15) is 5.10 Å². The minimum Gasteiger partial charge on any atom is -0.500 e. The predicted molar refractivity (Wildman–Crippen MR) is 102 cm³/mol. The van der Waals surface area contributed by atoms with Crippen molar-refractivity contribution in [3.05, 3.63) is 45.5 Å². The van der Waals surface area contributed by atoms with Crippen molar-refractivity contribution in [1.29, 1.82) is 0 Å². The number of rotatable bonds is 8. The Balaban J connectivity index is 2.26. The van der Waals surface area contributed by atoms with E-state index >= 15 is 0 Å². The third kappa shape index (κ3) is 4.64. The normalized spacial score (nSPS) is 10.5. The lowest BCUT2D eigenvalue weighted by atomic mass is 10.1. The second-order valence-corrected chi connectivity index (χ2v) is 5.46. The number of hydrazone groups is 1. The number of aromatic hydroxyl groups is 1. The van der Waals surface area contributed by atoms with Crippen LogP contribution in [-0.4, -0.2) is 50.6 Å². The van der Waals surface area contributed by atoms with E-state index in [4.69, 9.17) is 18.9 Å². The molecule has 2 aromatic carbocycles. The topological polar surface area (TPSA) is 142 Å². The van der Waals surface area contributed by atoms with Gasteiger partial charge < -0.3 is 24.1 Å². The van der Waals surface area contributed by atoms with Gasteiger partial charge in [-0.15, -0.1) is 0 Å². The van der Waals surface area contributed by atoms with E-state index in [2.05, 4.69) is 10.5 Å². The Morgan fingerprint density at radius 3 is 2.10 bits per heavy atom. The smallest absolute Gasteiger partial charge is 0.315 e. The van der Waals surface area contributed by atoms with E-state index in [0.717, 1.165) is 6.07 Å². The molecule has 0 radical (unpaired) electrons. The standard InChI is InChI=1S/C18H19N3O8/c1-26-13-6-10(5-12(16(13)22)21(24)25)9-19-20-18(23)11-7-14(27-2)17(29-4)15(8-11)28-3/h5-9,22H,1-4H3,(H,20,23)/b19-9+. The van der Waals surface area contributed by atoms with Crippen molar-refractivity contribution >= 4 is 17.8 Å². The maximum absolute atomic E-state index is 12.4. The summed E-state index contributed by atoms with van der Waals surface area (Å²) in [6.45, 7) is 0. The zero-order chi connectivity index (χ0) is 21.6. The lowest BCUT2D eigenvalue weighted by Crippen LogP contribution is -2.18. The van der Waals surface area contributed by atoms with Crippen LogP contribution in [0.1, 0.15) is 15.9 Å². The first-order chi connectivity index (χ1) is 13.9. The summed E-state index contributed by atoms with van der Waals surface area (Å²) in [5.74, 6) is -0.369. The Kier molecular flexibility index (Phi) is 6.80. The largest absolute Gasteiger partial charge is 0.500 e. The van der Waals surface area contributed by atoms with Gasteiger partial charge in [0.1, 0.15) is 0 Å². The molecule has 0 fully saturated rings. The highest BCUT2D eigenvalue weighted by Crippen LogP contribution is 2.38. The van der Waals surface area contributed by atoms with Crippen molar-refractivity contribution in [3.63, 3.8) is 0 Å². The van der Waals surface area contributed by atoms with Crippen molar-refractivity contribution in [2.24, 2.45) is 5.10 Å². The van der Waals surface area contributed by atoms with E-state index in [1.165, 1.54) is 52.9 Å². The van der Waals surface area contributed by atoms with Crippen LogP contribution in [0.25, 0.3) is 0 Å². The maximum Gasteiger partial charge on any atom is 0.315 e. The number of benzene rings is 2. The van der Waals surface area contributed by atoms with E-state index in [-0.39, 0.29) is 16.9 Å². The summed E-state index contributed by atoms with van der Waals surface area (Å²) in [4.78, 5) is 22.6. The van der Waals surface area contributed by atoms with Gasteiger partial charge in [-0.3, -0.25) is 14.9 Å². The van der Waals surface area contributed by atoms with Gasteiger partial charge in [-0.25, -0.2) is 5.43 Å². The Labute approximate surface area is 165 Å². The first-order valence-electron chi connectivity index (χ1n) is 8.05. The van der Waals surface area contributed by atoms with Crippen LogP contribution in [0, 0.1) is 10.1 Å². The number of nitro benzene ring substituents is 1. The van der Waals surface area contributed by atoms with E-state index in [9.17, 15) is 20.0 Å². The highest BCUT2D eigenvalue weighted by Gasteiger charge is 2.20. The molecule has 0 heterocycles. The zero-order valence-electron chi connectivity index (χ0n) is 16.1. The molecule has 2 N–H and O–H groups in total. The molecule has 0 aliphatic heterocycles. The molecule has 29 heavy (non-hydrogen) atoms. The summed E-state index contributed by atoms with van der Waals surface area (Å²) in [5.41, 5.74) is 2.16. The summed E-state index contributed by atoms with van der Waals surface area (Å²) >= 11 is 0. The van der Waals surface area contributed by atoms with E-state index in [1.54, 1.807) is 0 Å². The predicted octanol–water partition coefficient (Wildman–Crippen LogP) is 2.10. The second kappa shape index (κ2) is 9.26. The molecule has 0 atom stereocenters. The number of phenols is 1. The van der Waals surface area contributed by atoms with Gasteiger partial charge in [0.2, 0.25) is 11.5 Å². The molecule has 154 valence electrons. The van der Waals surface area contributed by atoms with Gasteiger partial charge >= 0.3 is 5.69 Å². The first-order valence-corrected chi connectivity index (χ1v) is 8.05. The van der Waals surface area contributed by atoms with Crippen LogP contribution in [0.2, 0.25) is 0 Å². The third-order valence-electron chi connectivity index (χ3n) is 3.80. The van der Waals surface area contributed by atoms with Crippen LogP contribution in [-0.2, 0) is 0 Å². The molecule has 11 nitrogen and oxygen atoms in total. The average molecular weight is 405 g/mol.